The van der Waals surface area contributed by atoms with Crippen LogP contribution in [0.25, 0.3) is 0 Å². The van der Waals surface area contributed by atoms with Gasteiger partial charge in [-0.2, -0.15) is 0 Å². The summed E-state index contributed by atoms with van der Waals surface area (Å²) in [7, 11) is 0. The second-order valence-electron chi connectivity index (χ2n) is 6.62. The van der Waals surface area contributed by atoms with E-state index in [1.165, 1.54) is 25.7 Å². The van der Waals surface area contributed by atoms with Crippen molar-refractivity contribution in [3.63, 3.8) is 0 Å². The summed E-state index contributed by atoms with van der Waals surface area (Å²) in [5, 5.41) is 0. The number of piperazine rings is 1. The molecule has 0 aromatic heterocycles. The number of ether oxygens (including phenoxy) is 1. The van der Waals surface area contributed by atoms with Crippen LogP contribution in [-0.4, -0.2) is 60.1 Å². The van der Waals surface area contributed by atoms with Crippen LogP contribution in [0.15, 0.2) is 0 Å². The molecule has 0 spiro atoms. The Balaban J connectivity index is 2.39. The summed E-state index contributed by atoms with van der Waals surface area (Å²) in [5.41, 5.74) is -0.691. The Hall–Kier alpha value is -0.610. The summed E-state index contributed by atoms with van der Waals surface area (Å²) < 4.78 is 5.58. The topological polar surface area (TPSA) is 32.8 Å². The highest BCUT2D eigenvalue weighted by molar-refractivity contribution is 5.84. The van der Waals surface area contributed by atoms with Crippen molar-refractivity contribution in [1.82, 2.24) is 9.80 Å². The van der Waals surface area contributed by atoms with Crippen LogP contribution in [0.2, 0.25) is 0 Å². The van der Waals surface area contributed by atoms with Crippen LogP contribution in [0.4, 0.5) is 0 Å². The van der Waals surface area contributed by atoms with Gasteiger partial charge in [-0.1, -0.05) is 26.2 Å². The zero-order chi connectivity index (χ0) is 15.9. The smallest absolute Gasteiger partial charge is 0.254 e. The van der Waals surface area contributed by atoms with E-state index in [2.05, 4.69) is 18.7 Å². The first-order valence-electron chi connectivity index (χ1n) is 8.59. The highest BCUT2D eigenvalue weighted by atomic mass is 16.5. The highest BCUT2D eigenvalue weighted by Crippen LogP contribution is 2.17. The van der Waals surface area contributed by atoms with E-state index in [0.29, 0.717) is 12.6 Å². The van der Waals surface area contributed by atoms with Gasteiger partial charge in [-0.05, 0) is 34.1 Å². The van der Waals surface area contributed by atoms with E-state index in [4.69, 9.17) is 4.74 Å². The predicted molar refractivity (Wildman–Crippen MR) is 87.5 cm³/mol. The van der Waals surface area contributed by atoms with Crippen molar-refractivity contribution in [1.29, 1.82) is 0 Å². The molecule has 1 unspecified atom stereocenters. The van der Waals surface area contributed by atoms with E-state index in [1.54, 1.807) is 0 Å². The maximum absolute atomic E-state index is 12.5. The van der Waals surface area contributed by atoms with Gasteiger partial charge in [-0.15, -0.1) is 0 Å². The lowest BCUT2D eigenvalue weighted by Gasteiger charge is -2.40. The molecule has 4 nitrogen and oxygen atoms in total. The van der Waals surface area contributed by atoms with Crippen molar-refractivity contribution in [2.24, 2.45) is 0 Å². The Bertz CT molecular complexity index is 310. The molecule has 0 radical (unpaired) electrons. The second kappa shape index (κ2) is 8.74. The van der Waals surface area contributed by atoms with Gasteiger partial charge in [-0.25, -0.2) is 0 Å². The number of rotatable bonds is 8. The van der Waals surface area contributed by atoms with Crippen LogP contribution in [0.1, 0.15) is 60.3 Å². The molecule has 0 aromatic carbocycles. The SMILES string of the molecule is CCCCCC(C)N1CCN(C(=O)C(C)(C)OCC)CC1. The van der Waals surface area contributed by atoms with Gasteiger partial charge < -0.3 is 9.64 Å². The standard InChI is InChI=1S/C17H34N2O2/c1-6-8-9-10-15(3)18-11-13-19(14-12-18)16(20)17(4,5)21-7-2/h15H,6-14H2,1-5H3. The van der Waals surface area contributed by atoms with Gasteiger partial charge in [-0.3, -0.25) is 9.69 Å². The normalized spacial score (nSPS) is 18.8. The summed E-state index contributed by atoms with van der Waals surface area (Å²) in [4.78, 5) is 17.0. The molecule has 1 amide bonds. The summed E-state index contributed by atoms with van der Waals surface area (Å²) in [6, 6.07) is 0.633. The van der Waals surface area contributed by atoms with Crippen LogP contribution >= 0.6 is 0 Å². The van der Waals surface area contributed by atoms with E-state index in [1.807, 2.05) is 25.7 Å². The third kappa shape index (κ3) is 5.59. The van der Waals surface area contributed by atoms with Crippen molar-refractivity contribution in [3.8, 4) is 0 Å². The van der Waals surface area contributed by atoms with Gasteiger partial charge >= 0.3 is 0 Å². The first-order chi connectivity index (χ1) is 9.92. The maximum atomic E-state index is 12.5. The Morgan fingerprint density at radius 1 is 1.14 bits per heavy atom. The van der Waals surface area contributed by atoms with Crippen LogP contribution in [0.5, 0.6) is 0 Å². The summed E-state index contributed by atoms with van der Waals surface area (Å²) >= 11 is 0. The summed E-state index contributed by atoms with van der Waals surface area (Å²) in [6.45, 7) is 14.4. The molecule has 1 saturated heterocycles. The van der Waals surface area contributed by atoms with E-state index < -0.39 is 5.60 Å². The molecule has 21 heavy (non-hydrogen) atoms. The molecule has 0 aliphatic carbocycles. The monoisotopic (exact) mass is 298 g/mol. The third-order valence-corrected chi connectivity index (χ3v) is 4.47. The third-order valence-electron chi connectivity index (χ3n) is 4.47. The number of nitrogens with zero attached hydrogens (tertiary/aromatic N) is 2. The molecule has 0 aromatic rings. The second-order valence-corrected chi connectivity index (χ2v) is 6.62. The number of hydrogen-bond acceptors (Lipinski definition) is 3. The molecule has 1 atom stereocenters. The molecular formula is C17H34N2O2. The Labute approximate surface area is 130 Å². The fourth-order valence-corrected chi connectivity index (χ4v) is 3.04. The van der Waals surface area contributed by atoms with Crippen molar-refractivity contribution in [3.05, 3.63) is 0 Å². The molecule has 4 heteroatoms. The quantitative estimate of drug-likeness (QED) is 0.646. The van der Waals surface area contributed by atoms with Crippen molar-refractivity contribution >= 4 is 5.91 Å². The Morgan fingerprint density at radius 3 is 2.29 bits per heavy atom. The molecule has 0 N–H and O–H groups in total. The number of unbranched alkanes of at least 4 members (excludes halogenated alkanes) is 2. The van der Waals surface area contributed by atoms with Gasteiger partial charge in [0.15, 0.2) is 0 Å². The Kier molecular flexibility index (Phi) is 7.67. The summed E-state index contributed by atoms with van der Waals surface area (Å²) in [6.07, 6.45) is 5.19. The average Bonchev–Trinajstić information content (AvgIpc) is 2.46. The summed E-state index contributed by atoms with van der Waals surface area (Å²) in [5.74, 6) is 0.127. The van der Waals surface area contributed by atoms with Crippen LogP contribution < -0.4 is 0 Å². The molecular weight excluding hydrogens is 264 g/mol. The first-order valence-corrected chi connectivity index (χ1v) is 8.59. The van der Waals surface area contributed by atoms with Gasteiger partial charge in [0.25, 0.3) is 5.91 Å². The largest absolute Gasteiger partial charge is 0.366 e. The van der Waals surface area contributed by atoms with Gasteiger partial charge in [0.05, 0.1) is 0 Å². The van der Waals surface area contributed by atoms with Crippen molar-refractivity contribution in [2.75, 3.05) is 32.8 Å². The number of hydrogen-bond donors (Lipinski definition) is 0. The van der Waals surface area contributed by atoms with Crippen LogP contribution in [-0.2, 0) is 9.53 Å². The van der Waals surface area contributed by atoms with Crippen molar-refractivity contribution in [2.45, 2.75) is 71.9 Å². The lowest BCUT2D eigenvalue weighted by atomic mass is 10.1. The predicted octanol–water partition coefficient (Wildman–Crippen LogP) is 2.91. The zero-order valence-corrected chi connectivity index (χ0v) is 14.7. The maximum Gasteiger partial charge on any atom is 0.254 e. The first kappa shape index (κ1) is 18.4. The average molecular weight is 298 g/mol. The van der Waals surface area contributed by atoms with E-state index in [0.717, 1.165) is 26.2 Å². The molecule has 1 fully saturated rings. The van der Waals surface area contributed by atoms with Gasteiger partial charge in [0.1, 0.15) is 5.60 Å². The van der Waals surface area contributed by atoms with E-state index >= 15 is 0 Å². The minimum absolute atomic E-state index is 0.127. The number of carbonyl (C=O) groups excluding carboxylic acids is 1. The van der Waals surface area contributed by atoms with Gasteiger partial charge in [0, 0.05) is 38.8 Å². The van der Waals surface area contributed by atoms with Crippen LogP contribution in [0.3, 0.4) is 0 Å². The zero-order valence-electron chi connectivity index (χ0n) is 14.7. The molecule has 0 saturated carbocycles. The Morgan fingerprint density at radius 2 is 1.76 bits per heavy atom. The number of amides is 1. The molecule has 1 rings (SSSR count). The molecule has 0 bridgehead atoms. The number of carbonyl (C=O) groups is 1. The van der Waals surface area contributed by atoms with Crippen LogP contribution in [0, 0.1) is 0 Å². The van der Waals surface area contributed by atoms with E-state index in [9.17, 15) is 4.79 Å². The fourth-order valence-electron chi connectivity index (χ4n) is 3.04. The van der Waals surface area contributed by atoms with E-state index in [-0.39, 0.29) is 5.91 Å². The van der Waals surface area contributed by atoms with Gasteiger partial charge in [0.2, 0.25) is 0 Å². The lowest BCUT2D eigenvalue weighted by Crippen LogP contribution is -2.56. The minimum atomic E-state index is -0.691. The highest BCUT2D eigenvalue weighted by Gasteiger charge is 2.34. The fraction of sp³-hybridized carbons (Fsp3) is 0.941. The lowest BCUT2D eigenvalue weighted by molar-refractivity contribution is -0.155. The molecule has 1 heterocycles. The molecule has 124 valence electrons. The van der Waals surface area contributed by atoms with Crippen molar-refractivity contribution < 1.29 is 9.53 Å². The molecule has 1 aliphatic rings. The molecule has 1 aliphatic heterocycles. The minimum Gasteiger partial charge on any atom is -0.366 e.